The topological polar surface area (TPSA) is 84.7 Å². The first-order chi connectivity index (χ1) is 13.0. The molecule has 1 aliphatic heterocycles. The fourth-order valence-corrected chi connectivity index (χ4v) is 3.16. The smallest absolute Gasteiger partial charge is 0.289 e. The van der Waals surface area contributed by atoms with E-state index in [1.165, 1.54) is 24.3 Å². The van der Waals surface area contributed by atoms with Gasteiger partial charge in [-0.05, 0) is 18.2 Å². The molecule has 2 aromatic rings. The molecule has 142 valence electrons. The van der Waals surface area contributed by atoms with Crippen molar-refractivity contribution in [1.82, 2.24) is 4.90 Å². The number of amides is 1. The highest BCUT2D eigenvalue weighted by Gasteiger charge is 2.31. The number of nitrogens with zero attached hydrogens (tertiary/aromatic N) is 2. The first-order valence-electron chi connectivity index (χ1n) is 8.28. The monoisotopic (exact) mass is 393 g/mol. The number of halogens is 2. The molecule has 0 saturated carbocycles. The van der Waals surface area contributed by atoms with Crippen LogP contribution in [0.5, 0.6) is 0 Å². The van der Waals surface area contributed by atoms with Crippen molar-refractivity contribution < 1.29 is 18.8 Å². The molecule has 0 radical (unpaired) electrons. The van der Waals surface area contributed by atoms with Gasteiger partial charge in [0.1, 0.15) is 16.9 Å². The van der Waals surface area contributed by atoms with Gasteiger partial charge in [-0.2, -0.15) is 0 Å². The van der Waals surface area contributed by atoms with Crippen molar-refractivity contribution in [3.8, 4) is 0 Å². The van der Waals surface area contributed by atoms with Gasteiger partial charge in [0.2, 0.25) is 5.91 Å². The third-order valence-electron chi connectivity index (χ3n) is 4.27. The quantitative estimate of drug-likeness (QED) is 0.621. The number of rotatable bonds is 5. The fourth-order valence-electron chi connectivity index (χ4n) is 2.98. The van der Waals surface area contributed by atoms with Crippen molar-refractivity contribution in [2.75, 3.05) is 31.6 Å². The summed E-state index contributed by atoms with van der Waals surface area (Å²) < 4.78 is 19.7. The lowest BCUT2D eigenvalue weighted by Gasteiger charge is -2.33. The molecule has 1 fully saturated rings. The number of nitro benzene ring substituents is 1. The molecule has 0 aromatic heterocycles. The molecule has 9 heteroatoms. The number of hydrogen-bond donors (Lipinski definition) is 1. The van der Waals surface area contributed by atoms with E-state index in [9.17, 15) is 19.3 Å². The van der Waals surface area contributed by atoms with Crippen LogP contribution in [0.3, 0.4) is 0 Å². The Morgan fingerprint density at radius 2 is 1.96 bits per heavy atom. The third kappa shape index (κ3) is 4.41. The minimum Gasteiger partial charge on any atom is -0.379 e. The largest absolute Gasteiger partial charge is 0.379 e. The van der Waals surface area contributed by atoms with Gasteiger partial charge in [-0.3, -0.25) is 19.8 Å². The van der Waals surface area contributed by atoms with Gasteiger partial charge in [-0.25, -0.2) is 4.39 Å². The minimum absolute atomic E-state index is 0.0307. The Balaban J connectivity index is 1.90. The zero-order chi connectivity index (χ0) is 19.4. The maximum atomic E-state index is 14.4. The molecular weight excluding hydrogens is 377 g/mol. The normalized spacial score (nSPS) is 15.9. The van der Waals surface area contributed by atoms with Crippen molar-refractivity contribution in [1.29, 1.82) is 0 Å². The number of morpholine rings is 1. The minimum atomic E-state index is -0.884. The van der Waals surface area contributed by atoms with Crippen LogP contribution in [0.4, 0.5) is 15.8 Å². The molecular formula is C18H17ClFN3O4. The molecule has 1 aliphatic rings. The first-order valence-corrected chi connectivity index (χ1v) is 8.66. The third-order valence-corrected chi connectivity index (χ3v) is 4.59. The number of ether oxygens (including phenoxy) is 1. The lowest BCUT2D eigenvalue weighted by Crippen LogP contribution is -2.44. The Kier molecular flexibility index (Phi) is 6.00. The van der Waals surface area contributed by atoms with Crippen LogP contribution in [0.15, 0.2) is 42.5 Å². The summed E-state index contributed by atoms with van der Waals surface area (Å²) in [4.78, 5) is 25.2. The van der Waals surface area contributed by atoms with Crippen LogP contribution in [0.2, 0.25) is 5.02 Å². The SMILES string of the molecule is O=C(Nc1ccc(Cl)c([N+](=O)[O-])c1)[C@@H](c1ccccc1F)N1CCOCC1. The van der Waals surface area contributed by atoms with Crippen molar-refractivity contribution >= 4 is 28.9 Å². The Labute approximate surface area is 159 Å². The lowest BCUT2D eigenvalue weighted by molar-refractivity contribution is -0.384. The number of hydrogen-bond acceptors (Lipinski definition) is 5. The fraction of sp³-hybridized carbons (Fsp3) is 0.278. The van der Waals surface area contributed by atoms with Gasteiger partial charge < -0.3 is 10.1 Å². The maximum absolute atomic E-state index is 14.4. The first kappa shape index (κ1) is 19.2. The molecule has 3 rings (SSSR count). The highest BCUT2D eigenvalue weighted by molar-refractivity contribution is 6.32. The van der Waals surface area contributed by atoms with Gasteiger partial charge in [-0.15, -0.1) is 0 Å². The van der Waals surface area contributed by atoms with Crippen LogP contribution in [0.25, 0.3) is 0 Å². The molecule has 27 heavy (non-hydrogen) atoms. The van der Waals surface area contributed by atoms with Crippen LogP contribution >= 0.6 is 11.6 Å². The molecule has 0 bridgehead atoms. The second kappa shape index (κ2) is 8.43. The Hall–Kier alpha value is -2.55. The molecule has 0 spiro atoms. The Morgan fingerprint density at radius 3 is 2.63 bits per heavy atom. The summed E-state index contributed by atoms with van der Waals surface area (Å²) in [5.74, 6) is -0.982. The Bertz CT molecular complexity index is 858. The molecule has 1 N–H and O–H groups in total. The second-order valence-electron chi connectivity index (χ2n) is 5.98. The van der Waals surface area contributed by atoms with E-state index in [-0.39, 0.29) is 22.0 Å². The van der Waals surface area contributed by atoms with Gasteiger partial charge >= 0.3 is 0 Å². The summed E-state index contributed by atoms with van der Waals surface area (Å²) >= 11 is 5.80. The average Bonchev–Trinajstić information content (AvgIpc) is 2.66. The average molecular weight is 394 g/mol. The van der Waals surface area contributed by atoms with E-state index in [0.29, 0.717) is 26.3 Å². The van der Waals surface area contributed by atoms with E-state index < -0.39 is 22.7 Å². The van der Waals surface area contributed by atoms with Crippen molar-refractivity contribution in [3.05, 3.63) is 69.0 Å². The van der Waals surface area contributed by atoms with Crippen LogP contribution in [0, 0.1) is 15.9 Å². The molecule has 7 nitrogen and oxygen atoms in total. The molecule has 0 unspecified atom stereocenters. The number of nitro groups is 1. The molecule has 1 atom stereocenters. The van der Waals surface area contributed by atoms with E-state index in [0.717, 1.165) is 0 Å². The zero-order valence-electron chi connectivity index (χ0n) is 14.2. The summed E-state index contributed by atoms with van der Waals surface area (Å²) in [6.07, 6.45) is 0. The highest BCUT2D eigenvalue weighted by Crippen LogP contribution is 2.30. The van der Waals surface area contributed by atoms with Crippen LogP contribution in [0.1, 0.15) is 11.6 Å². The second-order valence-corrected chi connectivity index (χ2v) is 6.39. The van der Waals surface area contributed by atoms with Crippen LogP contribution in [-0.2, 0) is 9.53 Å². The molecule has 1 amide bonds. The van der Waals surface area contributed by atoms with E-state index >= 15 is 0 Å². The van der Waals surface area contributed by atoms with Gasteiger partial charge in [-0.1, -0.05) is 29.8 Å². The molecule has 2 aromatic carbocycles. The summed E-state index contributed by atoms with van der Waals surface area (Å²) in [7, 11) is 0. The lowest BCUT2D eigenvalue weighted by atomic mass is 10.0. The van der Waals surface area contributed by atoms with Gasteiger partial charge in [0.25, 0.3) is 5.69 Å². The van der Waals surface area contributed by atoms with Crippen molar-refractivity contribution in [3.63, 3.8) is 0 Å². The number of benzene rings is 2. The Morgan fingerprint density at radius 1 is 1.26 bits per heavy atom. The summed E-state index contributed by atoms with van der Waals surface area (Å²) in [5.41, 5.74) is 0.134. The standard InChI is InChI=1S/C18H17ClFN3O4/c19-14-6-5-12(11-16(14)23(25)26)21-18(24)17(22-7-9-27-10-8-22)13-3-1-2-4-15(13)20/h1-6,11,17H,7-10H2,(H,21,24)/t17-/m1/s1. The predicted molar refractivity (Wildman–Crippen MR) is 98.3 cm³/mol. The number of nitrogens with one attached hydrogen (secondary N) is 1. The van der Waals surface area contributed by atoms with E-state index in [1.54, 1.807) is 18.2 Å². The molecule has 1 heterocycles. The number of carbonyl (C=O) groups excluding carboxylic acids is 1. The predicted octanol–water partition coefficient (Wildman–Crippen LogP) is 3.40. The van der Waals surface area contributed by atoms with Gasteiger partial charge in [0, 0.05) is 30.4 Å². The van der Waals surface area contributed by atoms with Crippen LogP contribution in [-0.4, -0.2) is 42.0 Å². The molecule has 1 saturated heterocycles. The van der Waals surface area contributed by atoms with E-state index in [4.69, 9.17) is 16.3 Å². The van der Waals surface area contributed by atoms with E-state index in [2.05, 4.69) is 5.32 Å². The molecule has 0 aliphatic carbocycles. The number of anilines is 1. The summed E-state index contributed by atoms with van der Waals surface area (Å²) in [6.45, 7) is 1.80. The maximum Gasteiger partial charge on any atom is 0.289 e. The number of carbonyl (C=O) groups is 1. The van der Waals surface area contributed by atoms with Crippen molar-refractivity contribution in [2.45, 2.75) is 6.04 Å². The highest BCUT2D eigenvalue weighted by atomic mass is 35.5. The van der Waals surface area contributed by atoms with Crippen molar-refractivity contribution in [2.24, 2.45) is 0 Å². The van der Waals surface area contributed by atoms with Crippen LogP contribution < -0.4 is 5.32 Å². The van der Waals surface area contributed by atoms with Gasteiger partial charge in [0.05, 0.1) is 18.1 Å². The van der Waals surface area contributed by atoms with Gasteiger partial charge in [0.15, 0.2) is 0 Å². The zero-order valence-corrected chi connectivity index (χ0v) is 15.0. The van der Waals surface area contributed by atoms with E-state index in [1.807, 2.05) is 4.90 Å². The summed E-state index contributed by atoms with van der Waals surface area (Å²) in [5, 5.41) is 13.6. The summed E-state index contributed by atoms with van der Waals surface area (Å²) in [6, 6.07) is 9.15.